The summed E-state index contributed by atoms with van der Waals surface area (Å²) in [7, 11) is 0. The Morgan fingerprint density at radius 3 is 2.67 bits per heavy atom. The summed E-state index contributed by atoms with van der Waals surface area (Å²) in [6.07, 6.45) is 0.498. The molecule has 0 aliphatic heterocycles. The van der Waals surface area contributed by atoms with E-state index >= 15 is 0 Å². The monoisotopic (exact) mass is 199 g/mol. The second kappa shape index (κ2) is 4.35. The molecule has 1 aromatic carbocycles. The molecule has 0 fully saturated rings. The van der Waals surface area contributed by atoms with Gasteiger partial charge in [-0.1, -0.05) is 29.8 Å². The fourth-order valence-electron chi connectivity index (χ4n) is 0.903. The average molecular weight is 200 g/mol. The van der Waals surface area contributed by atoms with Crippen molar-refractivity contribution in [3.05, 3.63) is 34.9 Å². The van der Waals surface area contributed by atoms with E-state index in [0.29, 0.717) is 11.4 Å². The van der Waals surface area contributed by atoms with Crippen LogP contribution in [0.15, 0.2) is 24.3 Å². The lowest BCUT2D eigenvalue weighted by atomic mass is 10.1. The quantitative estimate of drug-likeness (QED) is 0.673. The fraction of sp³-hybridized carbons (Fsp3) is 0.222. The van der Waals surface area contributed by atoms with Gasteiger partial charge in [-0.2, -0.15) is 5.26 Å². The van der Waals surface area contributed by atoms with Gasteiger partial charge in [0, 0.05) is 11.4 Å². The van der Waals surface area contributed by atoms with Crippen molar-refractivity contribution in [3.8, 4) is 6.07 Å². The van der Waals surface area contributed by atoms with Crippen LogP contribution in [0.25, 0.3) is 0 Å². The van der Waals surface area contributed by atoms with Gasteiger partial charge in [-0.15, -0.1) is 11.6 Å². The zero-order chi connectivity index (χ0) is 8.97. The Hall–Kier alpha value is -0.710. The molecule has 1 atom stereocenters. The Kier molecular flexibility index (Phi) is 3.40. The Morgan fingerprint density at radius 1 is 1.42 bits per heavy atom. The number of nitriles is 1. The minimum absolute atomic E-state index is 0.495. The Bertz CT molecular complexity index is 304. The van der Waals surface area contributed by atoms with Gasteiger partial charge in [0.15, 0.2) is 0 Å². The molecular formula is C9H7Cl2N. The summed E-state index contributed by atoms with van der Waals surface area (Å²) in [4.78, 5) is 0. The third-order valence-corrected chi connectivity index (χ3v) is 2.12. The second-order valence-electron chi connectivity index (χ2n) is 2.39. The van der Waals surface area contributed by atoms with Crippen molar-refractivity contribution >= 4 is 23.2 Å². The molecule has 0 aliphatic rings. The number of alkyl halides is 1. The molecule has 0 aliphatic carbocycles. The van der Waals surface area contributed by atoms with Crippen LogP contribution in [0.5, 0.6) is 0 Å². The second-order valence-corrected chi connectivity index (χ2v) is 3.33. The van der Waals surface area contributed by atoms with E-state index in [1.165, 1.54) is 0 Å². The normalized spacial score (nSPS) is 12.1. The molecular weight excluding hydrogens is 193 g/mol. The molecule has 3 heteroatoms. The van der Waals surface area contributed by atoms with Gasteiger partial charge in [0.25, 0.3) is 0 Å². The molecule has 0 saturated carbocycles. The molecule has 0 heterocycles. The highest BCUT2D eigenvalue weighted by Crippen LogP contribution is 2.17. The van der Waals surface area contributed by atoms with Crippen molar-refractivity contribution in [1.82, 2.24) is 0 Å². The Balaban J connectivity index is 2.77. The largest absolute Gasteiger partial charge is 0.197 e. The molecule has 1 aromatic rings. The van der Waals surface area contributed by atoms with E-state index in [0.717, 1.165) is 5.56 Å². The van der Waals surface area contributed by atoms with Gasteiger partial charge < -0.3 is 0 Å². The van der Waals surface area contributed by atoms with Crippen LogP contribution in [-0.2, 0) is 6.42 Å². The third-order valence-electron chi connectivity index (χ3n) is 1.50. The van der Waals surface area contributed by atoms with Crippen LogP contribution < -0.4 is 0 Å². The van der Waals surface area contributed by atoms with E-state index in [2.05, 4.69) is 0 Å². The summed E-state index contributed by atoms with van der Waals surface area (Å²) in [6, 6.07) is 9.33. The van der Waals surface area contributed by atoms with Crippen molar-refractivity contribution in [2.45, 2.75) is 11.8 Å². The van der Waals surface area contributed by atoms with Crippen LogP contribution in [-0.4, -0.2) is 5.38 Å². The first kappa shape index (κ1) is 9.38. The lowest BCUT2D eigenvalue weighted by molar-refractivity contribution is 1.02. The van der Waals surface area contributed by atoms with E-state index in [4.69, 9.17) is 28.5 Å². The van der Waals surface area contributed by atoms with E-state index in [1.54, 1.807) is 6.07 Å². The van der Waals surface area contributed by atoms with Crippen molar-refractivity contribution in [2.75, 3.05) is 0 Å². The van der Waals surface area contributed by atoms with Crippen molar-refractivity contribution in [2.24, 2.45) is 0 Å². The van der Waals surface area contributed by atoms with Crippen molar-refractivity contribution in [3.63, 3.8) is 0 Å². The van der Waals surface area contributed by atoms with Gasteiger partial charge >= 0.3 is 0 Å². The summed E-state index contributed by atoms with van der Waals surface area (Å²) in [5.74, 6) is 0. The minimum Gasteiger partial charge on any atom is -0.197 e. The molecule has 0 spiro atoms. The van der Waals surface area contributed by atoms with Crippen molar-refractivity contribution < 1.29 is 0 Å². The molecule has 0 aromatic heterocycles. The highest BCUT2D eigenvalue weighted by Gasteiger charge is 2.05. The van der Waals surface area contributed by atoms with Crippen LogP contribution in [0.4, 0.5) is 0 Å². The SMILES string of the molecule is N#C[C@@H](Cl)Cc1ccccc1Cl. The number of halogens is 2. The van der Waals surface area contributed by atoms with Gasteiger partial charge in [-0.3, -0.25) is 0 Å². The molecule has 0 bridgehead atoms. The summed E-state index contributed by atoms with van der Waals surface area (Å²) in [5.41, 5.74) is 0.917. The third kappa shape index (κ3) is 2.41. The maximum Gasteiger partial charge on any atom is 0.124 e. The molecule has 0 amide bonds. The predicted octanol–water partition coefficient (Wildman–Crippen LogP) is 3.01. The summed E-state index contributed by atoms with van der Waals surface area (Å²) < 4.78 is 0. The molecule has 12 heavy (non-hydrogen) atoms. The number of hydrogen-bond donors (Lipinski definition) is 0. The maximum atomic E-state index is 8.46. The Labute approximate surface area is 81.5 Å². The number of hydrogen-bond acceptors (Lipinski definition) is 1. The van der Waals surface area contributed by atoms with Gasteiger partial charge in [-0.25, -0.2) is 0 Å². The van der Waals surface area contributed by atoms with Crippen molar-refractivity contribution in [1.29, 1.82) is 5.26 Å². The highest BCUT2D eigenvalue weighted by atomic mass is 35.5. The zero-order valence-corrected chi connectivity index (χ0v) is 7.81. The molecule has 1 nitrogen and oxygen atoms in total. The topological polar surface area (TPSA) is 23.8 Å². The van der Waals surface area contributed by atoms with Gasteiger partial charge in [0.2, 0.25) is 0 Å². The smallest absolute Gasteiger partial charge is 0.124 e. The predicted molar refractivity (Wildman–Crippen MR) is 50.4 cm³/mol. The van der Waals surface area contributed by atoms with Crippen LogP contribution in [0.2, 0.25) is 5.02 Å². The molecule has 0 N–H and O–H groups in total. The lowest BCUT2D eigenvalue weighted by Gasteiger charge is -2.02. The van der Waals surface area contributed by atoms with Crippen LogP contribution >= 0.6 is 23.2 Å². The minimum atomic E-state index is -0.495. The standard InChI is InChI=1S/C9H7Cl2N/c10-8(6-12)5-7-3-1-2-4-9(7)11/h1-4,8H,5H2/t8-/m0/s1. The number of rotatable bonds is 2. The van der Waals surface area contributed by atoms with E-state index in [-0.39, 0.29) is 0 Å². The summed E-state index contributed by atoms with van der Waals surface area (Å²) in [6.45, 7) is 0. The first-order valence-corrected chi connectivity index (χ1v) is 4.32. The van der Waals surface area contributed by atoms with E-state index < -0.39 is 5.38 Å². The van der Waals surface area contributed by atoms with Gasteiger partial charge in [0.05, 0.1) is 6.07 Å². The first-order chi connectivity index (χ1) is 5.74. The number of nitrogens with zero attached hydrogens (tertiary/aromatic N) is 1. The van der Waals surface area contributed by atoms with E-state index in [9.17, 15) is 0 Å². The zero-order valence-electron chi connectivity index (χ0n) is 6.30. The molecule has 0 unspecified atom stereocenters. The summed E-state index contributed by atoms with van der Waals surface area (Å²) >= 11 is 11.5. The van der Waals surface area contributed by atoms with Gasteiger partial charge in [-0.05, 0) is 11.6 Å². The van der Waals surface area contributed by atoms with Gasteiger partial charge in [0.1, 0.15) is 5.38 Å². The highest BCUT2D eigenvalue weighted by molar-refractivity contribution is 6.31. The molecule has 1 rings (SSSR count). The lowest BCUT2D eigenvalue weighted by Crippen LogP contribution is -1.99. The maximum absolute atomic E-state index is 8.46. The average Bonchev–Trinajstić information content (AvgIpc) is 2.09. The molecule has 0 saturated heterocycles. The molecule has 0 radical (unpaired) electrons. The number of benzene rings is 1. The Morgan fingerprint density at radius 2 is 2.08 bits per heavy atom. The fourth-order valence-corrected chi connectivity index (χ4v) is 1.28. The molecule has 62 valence electrons. The first-order valence-electron chi connectivity index (χ1n) is 3.51. The van der Waals surface area contributed by atoms with E-state index in [1.807, 2.05) is 24.3 Å². The van der Waals surface area contributed by atoms with Crippen LogP contribution in [0.1, 0.15) is 5.56 Å². The van der Waals surface area contributed by atoms with Crippen LogP contribution in [0, 0.1) is 11.3 Å². The summed E-state index contributed by atoms with van der Waals surface area (Å²) in [5, 5.41) is 8.63. The van der Waals surface area contributed by atoms with Crippen LogP contribution in [0.3, 0.4) is 0 Å².